The van der Waals surface area contributed by atoms with Gasteiger partial charge in [-0.25, -0.2) is 19.0 Å². The van der Waals surface area contributed by atoms with Gasteiger partial charge in [0.15, 0.2) is 5.82 Å². The van der Waals surface area contributed by atoms with Crippen LogP contribution in [0.25, 0.3) is 11.3 Å². The molecule has 3 heterocycles. The van der Waals surface area contributed by atoms with Crippen LogP contribution in [0.3, 0.4) is 0 Å². The lowest BCUT2D eigenvalue weighted by Gasteiger charge is -2.28. The number of hydrogen-bond acceptors (Lipinski definition) is 7. The number of carboxylic acid groups (broad SMARTS) is 1. The van der Waals surface area contributed by atoms with Crippen molar-refractivity contribution in [1.82, 2.24) is 14.9 Å². The van der Waals surface area contributed by atoms with Gasteiger partial charge in [-0.05, 0) is 56.0 Å². The number of carboxylic acids is 1. The Morgan fingerprint density at radius 3 is 2.77 bits per heavy atom. The van der Waals surface area contributed by atoms with Gasteiger partial charge in [0.2, 0.25) is 5.91 Å². The molecule has 0 fully saturated rings. The lowest BCUT2D eigenvalue weighted by Crippen LogP contribution is -2.34. The fourth-order valence-electron chi connectivity index (χ4n) is 5.63. The van der Waals surface area contributed by atoms with Crippen molar-refractivity contribution in [3.63, 3.8) is 0 Å². The lowest BCUT2D eigenvalue weighted by atomic mass is 9.96. The highest BCUT2D eigenvalue weighted by Gasteiger charge is 2.32. The number of ether oxygens (including phenoxy) is 1. The number of aromatic nitrogens is 2. The number of H-pyrrole nitrogens is 1. The average Bonchev–Trinajstić information content (AvgIpc) is 3.47. The van der Waals surface area contributed by atoms with E-state index < -0.39 is 35.9 Å². The van der Waals surface area contributed by atoms with E-state index in [-0.39, 0.29) is 16.5 Å². The molecule has 5 N–H and O–H groups in total. The molecule has 3 atom stereocenters. The molecule has 2 bridgehead atoms. The molecular formula is C30H34ClFN6O5. The highest BCUT2D eigenvalue weighted by molar-refractivity contribution is 6.31. The number of carbonyl (C=O) groups excluding carboxylic acids is 2. The summed E-state index contributed by atoms with van der Waals surface area (Å²) < 4.78 is 20.2. The van der Waals surface area contributed by atoms with Crippen molar-refractivity contribution in [2.45, 2.75) is 56.6 Å². The quantitative estimate of drug-likeness (QED) is 0.219. The molecule has 2 aliphatic rings. The largest absolute Gasteiger partial charge is 0.480 e. The first-order valence-corrected chi connectivity index (χ1v) is 14.6. The minimum Gasteiger partial charge on any atom is -0.480 e. The van der Waals surface area contributed by atoms with Gasteiger partial charge < -0.3 is 30.4 Å². The van der Waals surface area contributed by atoms with Crippen LogP contribution in [0.4, 0.5) is 26.2 Å². The van der Waals surface area contributed by atoms with E-state index in [0.29, 0.717) is 68.0 Å². The molecule has 2 aromatic carbocycles. The van der Waals surface area contributed by atoms with Gasteiger partial charge in [0.1, 0.15) is 18.0 Å². The Labute approximate surface area is 253 Å². The molecule has 0 saturated heterocycles. The van der Waals surface area contributed by atoms with E-state index in [0.717, 1.165) is 11.3 Å². The number of likely N-dealkylation sites (N-methyl/N-ethyl adjacent to an activating group) is 1. The van der Waals surface area contributed by atoms with E-state index in [1.165, 1.54) is 12.1 Å². The lowest BCUT2D eigenvalue weighted by molar-refractivity contribution is -0.138. The smallest absolute Gasteiger partial charge is 0.412 e. The summed E-state index contributed by atoms with van der Waals surface area (Å²) in [6.45, 7) is 0.336. The van der Waals surface area contributed by atoms with E-state index in [4.69, 9.17) is 21.3 Å². The monoisotopic (exact) mass is 612 g/mol. The highest BCUT2D eigenvalue weighted by atomic mass is 35.5. The van der Waals surface area contributed by atoms with Gasteiger partial charge in [0.05, 0.1) is 27.9 Å². The number of imidazole rings is 1. The van der Waals surface area contributed by atoms with Crippen LogP contribution in [-0.2, 0) is 14.3 Å². The number of nitrogens with one attached hydrogen (secondary N) is 4. The maximum Gasteiger partial charge on any atom is 0.412 e. The van der Waals surface area contributed by atoms with Crippen molar-refractivity contribution in [2.75, 3.05) is 36.6 Å². The molecule has 3 aromatic rings. The molecule has 5 rings (SSSR count). The summed E-state index contributed by atoms with van der Waals surface area (Å²) >= 11 is 5.97. The zero-order valence-corrected chi connectivity index (χ0v) is 24.6. The first-order valence-electron chi connectivity index (χ1n) is 14.2. The molecule has 2 aliphatic heterocycles. The number of fused-ring (bicyclic) bond motifs is 5. The second kappa shape index (κ2) is 12.9. The number of amides is 2. The second-order valence-electron chi connectivity index (χ2n) is 10.8. The molecule has 228 valence electrons. The molecule has 3 unspecified atom stereocenters. The van der Waals surface area contributed by atoms with Crippen LogP contribution in [-0.4, -0.2) is 64.6 Å². The molecule has 1 aromatic heterocycles. The number of benzene rings is 2. The first kappa shape index (κ1) is 30.1. The Bertz CT molecular complexity index is 1530. The third kappa shape index (κ3) is 6.53. The van der Waals surface area contributed by atoms with Crippen molar-refractivity contribution in [3.8, 4) is 11.3 Å². The van der Waals surface area contributed by atoms with Crippen molar-refractivity contribution in [1.29, 1.82) is 0 Å². The normalized spacial score (nSPS) is 19.7. The number of anilines is 3. The van der Waals surface area contributed by atoms with Crippen LogP contribution in [0.15, 0.2) is 36.5 Å². The number of aromatic amines is 1. The minimum atomic E-state index is -0.947. The number of carbonyl (C=O) groups is 3. The molecule has 43 heavy (non-hydrogen) atoms. The average molecular weight is 613 g/mol. The van der Waals surface area contributed by atoms with Crippen LogP contribution in [0, 0.1) is 5.82 Å². The highest BCUT2D eigenvalue weighted by Crippen LogP contribution is 2.38. The van der Waals surface area contributed by atoms with E-state index in [2.05, 4.69) is 20.9 Å². The van der Waals surface area contributed by atoms with Crippen LogP contribution in [0.1, 0.15) is 61.9 Å². The fourth-order valence-corrected chi connectivity index (χ4v) is 5.79. The summed E-state index contributed by atoms with van der Waals surface area (Å²) in [5, 5.41) is 18.5. The summed E-state index contributed by atoms with van der Waals surface area (Å²) in [5.41, 5.74) is 3.28. The third-order valence-corrected chi connectivity index (χ3v) is 8.24. The van der Waals surface area contributed by atoms with Gasteiger partial charge >= 0.3 is 12.1 Å². The molecule has 13 heteroatoms. The van der Waals surface area contributed by atoms with Crippen LogP contribution >= 0.6 is 11.6 Å². The van der Waals surface area contributed by atoms with E-state index in [1.54, 1.807) is 25.2 Å². The van der Waals surface area contributed by atoms with Crippen molar-refractivity contribution >= 4 is 46.6 Å². The Kier molecular flexibility index (Phi) is 9.05. The maximum atomic E-state index is 14.8. The Balaban J connectivity index is 1.32. The summed E-state index contributed by atoms with van der Waals surface area (Å²) in [4.78, 5) is 47.4. The zero-order chi connectivity index (χ0) is 30.7. The number of nitrogens with zero attached hydrogens (tertiary/aromatic N) is 2. The number of aliphatic carboxylic acids is 1. The SMILES string of the molecule is CNc1ccc2c(c1)NC(C(=O)O)CCCCC(C(=O)N(C)CCCC1OC(=O)Nc3ccc(Cl)c(F)c31)c1nc-2c[nH]1. The molecule has 0 aliphatic carbocycles. The summed E-state index contributed by atoms with van der Waals surface area (Å²) in [6.07, 6.45) is 3.05. The van der Waals surface area contributed by atoms with Gasteiger partial charge in [0.25, 0.3) is 0 Å². The van der Waals surface area contributed by atoms with E-state index in [9.17, 15) is 23.9 Å². The molecular weight excluding hydrogens is 579 g/mol. The number of cyclic esters (lactones) is 1. The first-order chi connectivity index (χ1) is 20.7. The Morgan fingerprint density at radius 1 is 1.21 bits per heavy atom. The topological polar surface area (TPSA) is 149 Å². The van der Waals surface area contributed by atoms with Gasteiger partial charge in [-0.15, -0.1) is 0 Å². The summed E-state index contributed by atoms with van der Waals surface area (Å²) in [7, 11) is 3.48. The molecule has 0 spiro atoms. The van der Waals surface area contributed by atoms with Crippen molar-refractivity contribution in [2.24, 2.45) is 0 Å². The van der Waals surface area contributed by atoms with Gasteiger partial charge in [0, 0.05) is 43.8 Å². The standard InChI is InChI=1S/C30H34ClFN6O5/c1-33-16-9-10-17-22(14-16)35-21(29(40)41)7-4-3-6-18(27-34-15-23(17)36-27)28(39)38(2)13-5-8-24-25-20(37-30(42)43-24)12-11-19(31)26(25)32/h9-12,14-15,18,21,24,33,35H,3-8,13H2,1-2H3,(H,34,36)(H,37,42)(H,40,41). The molecule has 0 radical (unpaired) electrons. The van der Waals surface area contributed by atoms with Crippen LogP contribution < -0.4 is 16.0 Å². The number of halogens is 2. The molecule has 11 nitrogen and oxygen atoms in total. The van der Waals surface area contributed by atoms with Crippen LogP contribution in [0.5, 0.6) is 0 Å². The van der Waals surface area contributed by atoms with Crippen LogP contribution in [0.2, 0.25) is 5.02 Å². The van der Waals surface area contributed by atoms with E-state index >= 15 is 0 Å². The molecule has 0 saturated carbocycles. The Hall–Kier alpha value is -4.32. The summed E-state index contributed by atoms with van der Waals surface area (Å²) in [6, 6.07) is 7.71. The van der Waals surface area contributed by atoms with Crippen molar-refractivity contribution < 1.29 is 28.6 Å². The van der Waals surface area contributed by atoms with Gasteiger partial charge in [-0.2, -0.15) is 0 Å². The van der Waals surface area contributed by atoms with Crippen molar-refractivity contribution in [3.05, 3.63) is 58.8 Å². The zero-order valence-electron chi connectivity index (χ0n) is 23.9. The van der Waals surface area contributed by atoms with E-state index in [1.807, 2.05) is 18.2 Å². The predicted molar refractivity (Wildman–Crippen MR) is 161 cm³/mol. The predicted octanol–water partition coefficient (Wildman–Crippen LogP) is 5.98. The minimum absolute atomic E-state index is 0.0633. The fraction of sp³-hybridized carbons (Fsp3) is 0.400. The van der Waals surface area contributed by atoms with Gasteiger partial charge in [-0.1, -0.05) is 24.4 Å². The van der Waals surface area contributed by atoms with Gasteiger partial charge in [-0.3, -0.25) is 10.1 Å². The third-order valence-electron chi connectivity index (χ3n) is 7.95. The molecule has 2 amide bonds. The number of rotatable bonds is 7. The maximum absolute atomic E-state index is 14.8. The number of hydrogen-bond donors (Lipinski definition) is 5. The summed E-state index contributed by atoms with van der Waals surface area (Å²) in [5.74, 6) is -1.77. The second-order valence-corrected chi connectivity index (χ2v) is 11.2. The Morgan fingerprint density at radius 2 is 2.00 bits per heavy atom.